The van der Waals surface area contributed by atoms with Crippen LogP contribution in [0.3, 0.4) is 0 Å². The van der Waals surface area contributed by atoms with Crippen molar-refractivity contribution < 1.29 is 5.11 Å². The molecule has 3 atom stereocenters. The number of hydrogen-bond donors (Lipinski definition) is 1. The first-order valence-electron chi connectivity index (χ1n) is 6.86. The van der Waals surface area contributed by atoms with Gasteiger partial charge in [-0.2, -0.15) is 5.10 Å². The van der Waals surface area contributed by atoms with Gasteiger partial charge in [0.05, 0.1) is 6.10 Å². The van der Waals surface area contributed by atoms with Gasteiger partial charge in [-0.05, 0) is 37.5 Å². The lowest BCUT2D eigenvalue weighted by atomic mass is 10.0. The Morgan fingerprint density at radius 1 is 1.41 bits per heavy atom. The van der Waals surface area contributed by atoms with Crippen LogP contribution in [-0.4, -0.2) is 26.0 Å². The average molecular weight is 235 g/mol. The Labute approximate surface area is 102 Å². The summed E-state index contributed by atoms with van der Waals surface area (Å²) in [6.45, 7) is 2.89. The van der Waals surface area contributed by atoms with Crippen molar-refractivity contribution in [2.75, 3.05) is 0 Å². The van der Waals surface area contributed by atoms with Gasteiger partial charge in [0.1, 0.15) is 12.2 Å². The van der Waals surface area contributed by atoms with Gasteiger partial charge in [-0.15, -0.1) is 0 Å². The Bertz CT molecular complexity index is 378. The molecule has 2 saturated carbocycles. The first kappa shape index (κ1) is 11.2. The van der Waals surface area contributed by atoms with Crippen LogP contribution in [-0.2, 0) is 13.0 Å². The summed E-state index contributed by atoms with van der Waals surface area (Å²) in [6.07, 6.45) is 7.42. The minimum absolute atomic E-state index is 0.211. The average Bonchev–Trinajstić information content (AvgIpc) is 2.92. The van der Waals surface area contributed by atoms with Crippen molar-refractivity contribution in [3.8, 4) is 0 Å². The van der Waals surface area contributed by atoms with Gasteiger partial charge < -0.3 is 5.11 Å². The monoisotopic (exact) mass is 235 g/mol. The third-order valence-electron chi connectivity index (χ3n) is 4.55. The van der Waals surface area contributed by atoms with E-state index in [1.165, 1.54) is 25.7 Å². The molecular formula is C13H21N3O. The zero-order chi connectivity index (χ0) is 11.8. The van der Waals surface area contributed by atoms with E-state index < -0.39 is 0 Å². The molecule has 4 heteroatoms. The second-order valence-corrected chi connectivity index (χ2v) is 5.45. The number of nitrogens with zero attached hydrogens (tertiary/aromatic N) is 3. The van der Waals surface area contributed by atoms with Crippen LogP contribution < -0.4 is 0 Å². The topological polar surface area (TPSA) is 50.9 Å². The number of aryl methyl sites for hydroxylation is 1. The molecule has 0 bridgehead atoms. The first-order chi connectivity index (χ1) is 8.31. The van der Waals surface area contributed by atoms with E-state index >= 15 is 0 Å². The van der Waals surface area contributed by atoms with Crippen LogP contribution >= 0.6 is 0 Å². The van der Waals surface area contributed by atoms with E-state index in [-0.39, 0.29) is 6.10 Å². The quantitative estimate of drug-likeness (QED) is 0.863. The predicted octanol–water partition coefficient (Wildman–Crippen LogP) is 1.64. The van der Waals surface area contributed by atoms with Crippen LogP contribution in [0.15, 0.2) is 6.33 Å². The van der Waals surface area contributed by atoms with Crippen molar-refractivity contribution in [3.05, 3.63) is 12.2 Å². The SMILES string of the molecule is CCn1ncnc1CC(O)C1C2CCCCC21. The highest BCUT2D eigenvalue weighted by Gasteiger charge is 2.53. The van der Waals surface area contributed by atoms with Gasteiger partial charge in [-0.25, -0.2) is 4.98 Å². The van der Waals surface area contributed by atoms with Crippen LogP contribution in [0.1, 0.15) is 38.4 Å². The molecule has 0 saturated heterocycles. The summed E-state index contributed by atoms with van der Waals surface area (Å²) in [5.74, 6) is 3.08. The lowest BCUT2D eigenvalue weighted by Crippen LogP contribution is -2.18. The normalized spacial score (nSPS) is 33.2. The molecule has 1 N–H and O–H groups in total. The summed E-state index contributed by atoms with van der Waals surface area (Å²) in [4.78, 5) is 4.25. The van der Waals surface area contributed by atoms with Crippen LogP contribution in [0, 0.1) is 17.8 Å². The van der Waals surface area contributed by atoms with Gasteiger partial charge in [0.15, 0.2) is 0 Å². The minimum Gasteiger partial charge on any atom is -0.392 e. The van der Waals surface area contributed by atoms with E-state index in [0.29, 0.717) is 12.3 Å². The minimum atomic E-state index is -0.211. The maximum atomic E-state index is 10.3. The Hall–Kier alpha value is -0.900. The van der Waals surface area contributed by atoms with E-state index in [2.05, 4.69) is 17.0 Å². The summed E-state index contributed by atoms with van der Waals surface area (Å²) in [5, 5.41) is 14.5. The van der Waals surface area contributed by atoms with Crippen molar-refractivity contribution in [1.29, 1.82) is 0 Å². The predicted molar refractivity (Wildman–Crippen MR) is 64.3 cm³/mol. The molecule has 0 aromatic carbocycles. The Kier molecular flexibility index (Phi) is 2.90. The molecule has 1 heterocycles. The number of fused-ring (bicyclic) bond motifs is 1. The number of aliphatic hydroxyl groups is 1. The fourth-order valence-corrected chi connectivity index (χ4v) is 3.65. The molecule has 2 fully saturated rings. The second-order valence-electron chi connectivity index (χ2n) is 5.45. The molecule has 0 spiro atoms. The van der Waals surface area contributed by atoms with Crippen LogP contribution in [0.2, 0.25) is 0 Å². The second kappa shape index (κ2) is 4.41. The van der Waals surface area contributed by atoms with Crippen molar-refractivity contribution in [2.45, 2.75) is 51.7 Å². The van der Waals surface area contributed by atoms with E-state index in [4.69, 9.17) is 0 Å². The van der Waals surface area contributed by atoms with Gasteiger partial charge in [0.2, 0.25) is 0 Å². The van der Waals surface area contributed by atoms with Crippen molar-refractivity contribution in [1.82, 2.24) is 14.8 Å². The summed E-state index contributed by atoms with van der Waals surface area (Å²) in [7, 11) is 0. The molecule has 17 heavy (non-hydrogen) atoms. The van der Waals surface area contributed by atoms with Gasteiger partial charge in [0.25, 0.3) is 0 Å². The maximum Gasteiger partial charge on any atom is 0.138 e. The van der Waals surface area contributed by atoms with Crippen molar-refractivity contribution in [2.24, 2.45) is 17.8 Å². The molecular weight excluding hydrogens is 214 g/mol. The fourth-order valence-electron chi connectivity index (χ4n) is 3.65. The molecule has 3 rings (SSSR count). The Morgan fingerprint density at radius 3 is 2.76 bits per heavy atom. The highest BCUT2D eigenvalue weighted by atomic mass is 16.3. The lowest BCUT2D eigenvalue weighted by Gasteiger charge is -2.10. The van der Waals surface area contributed by atoms with Gasteiger partial charge in [-0.3, -0.25) is 4.68 Å². The first-order valence-corrected chi connectivity index (χ1v) is 6.86. The standard InChI is InChI=1S/C13H21N3O/c1-2-16-12(14-8-15-16)7-11(17)13-9-5-3-4-6-10(9)13/h8-11,13,17H,2-7H2,1H3. The Balaban J connectivity index is 1.62. The van der Waals surface area contributed by atoms with Crippen molar-refractivity contribution in [3.63, 3.8) is 0 Å². The summed E-state index contributed by atoms with van der Waals surface area (Å²) >= 11 is 0. The largest absolute Gasteiger partial charge is 0.392 e. The smallest absolute Gasteiger partial charge is 0.138 e. The highest BCUT2D eigenvalue weighted by molar-refractivity contribution is 5.04. The van der Waals surface area contributed by atoms with Gasteiger partial charge in [0, 0.05) is 13.0 Å². The van der Waals surface area contributed by atoms with Gasteiger partial charge in [-0.1, -0.05) is 12.8 Å². The number of aliphatic hydroxyl groups excluding tert-OH is 1. The lowest BCUT2D eigenvalue weighted by molar-refractivity contribution is 0.137. The molecule has 94 valence electrons. The number of rotatable bonds is 4. The molecule has 3 unspecified atom stereocenters. The third-order valence-corrected chi connectivity index (χ3v) is 4.55. The van der Waals surface area contributed by atoms with Crippen LogP contribution in [0.4, 0.5) is 0 Å². The van der Waals surface area contributed by atoms with Crippen LogP contribution in [0.25, 0.3) is 0 Å². The molecule has 2 aliphatic carbocycles. The third kappa shape index (κ3) is 1.99. The fraction of sp³-hybridized carbons (Fsp3) is 0.846. The van der Waals surface area contributed by atoms with E-state index in [9.17, 15) is 5.11 Å². The van der Waals surface area contributed by atoms with E-state index in [0.717, 1.165) is 24.2 Å². The number of aromatic nitrogens is 3. The Morgan fingerprint density at radius 2 is 2.12 bits per heavy atom. The van der Waals surface area contributed by atoms with E-state index in [1.54, 1.807) is 6.33 Å². The zero-order valence-corrected chi connectivity index (χ0v) is 10.4. The molecule has 1 aromatic rings. The molecule has 1 aromatic heterocycles. The zero-order valence-electron chi connectivity index (χ0n) is 10.4. The van der Waals surface area contributed by atoms with Gasteiger partial charge >= 0.3 is 0 Å². The molecule has 4 nitrogen and oxygen atoms in total. The van der Waals surface area contributed by atoms with Crippen molar-refractivity contribution >= 4 is 0 Å². The van der Waals surface area contributed by atoms with E-state index in [1.807, 2.05) is 4.68 Å². The van der Waals surface area contributed by atoms with Crippen LogP contribution in [0.5, 0.6) is 0 Å². The molecule has 0 radical (unpaired) electrons. The maximum absolute atomic E-state index is 10.3. The summed E-state index contributed by atoms with van der Waals surface area (Å²) in [5.41, 5.74) is 0. The molecule has 2 aliphatic rings. The molecule has 0 amide bonds. The molecule has 0 aliphatic heterocycles. The highest BCUT2D eigenvalue weighted by Crippen LogP contribution is 2.57. The number of hydrogen-bond acceptors (Lipinski definition) is 3. The summed E-state index contributed by atoms with van der Waals surface area (Å²) in [6, 6.07) is 0. The summed E-state index contributed by atoms with van der Waals surface area (Å²) < 4.78 is 1.88.